The van der Waals surface area contributed by atoms with Gasteiger partial charge in [-0.25, -0.2) is 4.79 Å². The first-order valence-corrected chi connectivity index (χ1v) is 21.8. The molecule has 19 heteroatoms. The molecule has 0 aromatic heterocycles. The molecular formula is C42H64O19. The van der Waals surface area contributed by atoms with Crippen molar-refractivity contribution in [1.82, 2.24) is 0 Å². The third kappa shape index (κ3) is 7.55. The summed E-state index contributed by atoms with van der Waals surface area (Å²) in [5.74, 6) is -0.767. The number of rotatable bonds is 11. The molecular weight excluding hydrogens is 808 g/mol. The summed E-state index contributed by atoms with van der Waals surface area (Å²) in [5, 5.41) is 97.4. The summed E-state index contributed by atoms with van der Waals surface area (Å²) in [6.45, 7) is 2.86. The van der Waals surface area contributed by atoms with Crippen LogP contribution in [0.15, 0.2) is 11.6 Å². The number of aliphatic hydroxyl groups excluding tert-OH is 7. The average Bonchev–Trinajstić information content (AvgIpc) is 3.79. The first-order valence-electron chi connectivity index (χ1n) is 21.8. The van der Waals surface area contributed by atoms with Gasteiger partial charge in [0.25, 0.3) is 0 Å². The number of cyclic esters (lactones) is 1. The Morgan fingerprint density at radius 3 is 2.18 bits per heavy atom. The zero-order valence-electron chi connectivity index (χ0n) is 34.8. The molecule has 0 spiro atoms. The fourth-order valence-corrected chi connectivity index (χ4v) is 12.9. The van der Waals surface area contributed by atoms with Crippen LogP contribution in [0.4, 0.5) is 0 Å². The van der Waals surface area contributed by atoms with E-state index in [0.29, 0.717) is 44.9 Å². The Balaban J connectivity index is 0.886. The number of fused-ring (bicyclic) bond motifs is 5. The van der Waals surface area contributed by atoms with Gasteiger partial charge in [-0.05, 0) is 81.6 Å². The molecule has 346 valence electrons. The van der Waals surface area contributed by atoms with E-state index in [2.05, 4.69) is 6.92 Å². The van der Waals surface area contributed by atoms with Gasteiger partial charge in [0.2, 0.25) is 0 Å². The maximum atomic E-state index is 13.3. The summed E-state index contributed by atoms with van der Waals surface area (Å²) in [4.78, 5) is 25.3. The molecule has 3 saturated heterocycles. The van der Waals surface area contributed by atoms with Gasteiger partial charge in [0.1, 0.15) is 67.8 Å². The molecule has 0 aromatic carbocycles. The average molecular weight is 873 g/mol. The van der Waals surface area contributed by atoms with Crippen LogP contribution >= 0.6 is 0 Å². The molecule has 19 nitrogen and oxygen atoms in total. The molecule has 4 aliphatic carbocycles. The zero-order chi connectivity index (χ0) is 43.8. The molecule has 0 radical (unpaired) electrons. The topological polar surface area (TPSA) is 290 Å². The number of ether oxygens (including phenoxy) is 8. The van der Waals surface area contributed by atoms with Crippen molar-refractivity contribution in [3.8, 4) is 0 Å². The summed E-state index contributed by atoms with van der Waals surface area (Å²) in [5.41, 5.74) is -3.06. The molecule has 4 heterocycles. The number of carbonyl (C=O) groups is 2. The molecule has 4 saturated carbocycles. The number of aldehydes is 1. The minimum absolute atomic E-state index is 0.00485. The number of esters is 1. The minimum Gasteiger partial charge on any atom is -0.458 e. The van der Waals surface area contributed by atoms with Crippen molar-refractivity contribution in [3.05, 3.63) is 11.6 Å². The summed E-state index contributed by atoms with van der Waals surface area (Å²) >= 11 is 0. The van der Waals surface area contributed by atoms with Crippen molar-refractivity contribution in [2.75, 3.05) is 26.9 Å². The monoisotopic (exact) mass is 872 g/mol. The van der Waals surface area contributed by atoms with Crippen LogP contribution < -0.4 is 0 Å². The molecule has 4 aliphatic heterocycles. The Hall–Kier alpha value is -1.76. The second-order valence-electron chi connectivity index (χ2n) is 19.2. The predicted octanol–water partition coefficient (Wildman–Crippen LogP) is -1.92. The molecule has 61 heavy (non-hydrogen) atoms. The van der Waals surface area contributed by atoms with E-state index in [9.17, 15) is 55.5 Å². The van der Waals surface area contributed by atoms with Crippen molar-refractivity contribution in [2.24, 2.45) is 28.6 Å². The summed E-state index contributed by atoms with van der Waals surface area (Å²) in [6.07, 6.45) is -12.2. The van der Waals surface area contributed by atoms with Crippen molar-refractivity contribution >= 4 is 12.3 Å². The standard InChI is InChI=1S/C42H64O19/c1-19-36(61-38-35(51)33(49)31(47)27(60-38)17-56-37-34(50)32(48)30(46)26(15-43)59-37)25(54-3)13-29(57-19)58-21-4-9-40(18-44)23-5-8-39(2)22(20-12-28(45)55-16-20)7-11-42(39,53)24(23)6-10-41(40,52)14-21/h12,18-19,21-27,29-38,43,46-53H,4-11,13-17H2,1-3H3/t19?,21-,22+,23-,24+,25?,26?,27?,29?,30?,31?,32?,33?,34?,35?,36?,37?,38?,39+,40-,41-,42-/m0/s1. The number of hydrogen-bond acceptors (Lipinski definition) is 19. The number of hydrogen-bond donors (Lipinski definition) is 9. The first kappa shape index (κ1) is 45.8. The van der Waals surface area contributed by atoms with E-state index < -0.39 is 127 Å². The first-order chi connectivity index (χ1) is 28.9. The zero-order valence-corrected chi connectivity index (χ0v) is 34.8. The van der Waals surface area contributed by atoms with E-state index in [1.165, 1.54) is 7.11 Å². The van der Waals surface area contributed by atoms with E-state index >= 15 is 0 Å². The summed E-state index contributed by atoms with van der Waals surface area (Å²) in [6, 6.07) is 0. The Labute approximate surface area is 353 Å². The van der Waals surface area contributed by atoms with Gasteiger partial charge in [-0.2, -0.15) is 0 Å². The summed E-state index contributed by atoms with van der Waals surface area (Å²) in [7, 11) is 1.47. The highest BCUT2D eigenvalue weighted by atomic mass is 16.8. The molecule has 0 amide bonds. The Bertz CT molecular complexity index is 1630. The smallest absolute Gasteiger partial charge is 0.331 e. The van der Waals surface area contributed by atoms with Crippen LogP contribution in [0.1, 0.15) is 78.1 Å². The SMILES string of the molecule is COC1CC(O[C@H]2CC[C@]3(C=O)[C@H]4CC[C@]5(C)[C@@H](C6=CC(=O)OC6)CC[C@]5(O)[C@@H]4CC[C@]3(O)C2)OC(C)C1OC1OC(COC2OC(CO)C(O)C(O)C2O)C(O)C(O)C1O. The maximum absolute atomic E-state index is 13.3. The molecule has 14 unspecified atom stereocenters. The highest BCUT2D eigenvalue weighted by molar-refractivity contribution is 5.85. The predicted molar refractivity (Wildman–Crippen MR) is 203 cm³/mol. The van der Waals surface area contributed by atoms with E-state index in [-0.39, 0.29) is 43.2 Å². The second-order valence-corrected chi connectivity index (χ2v) is 19.2. The molecule has 8 aliphatic rings. The van der Waals surface area contributed by atoms with Crippen LogP contribution in [0.3, 0.4) is 0 Å². The fraction of sp³-hybridized carbons (Fsp3) is 0.905. The van der Waals surface area contributed by atoms with Gasteiger partial charge >= 0.3 is 5.97 Å². The number of carbonyl (C=O) groups excluding carboxylic acids is 2. The van der Waals surface area contributed by atoms with Gasteiger partial charge in [0.05, 0.1) is 48.1 Å². The van der Waals surface area contributed by atoms with Crippen molar-refractivity contribution in [3.63, 3.8) is 0 Å². The second kappa shape index (κ2) is 17.2. The number of methoxy groups -OCH3 is 1. The van der Waals surface area contributed by atoms with Gasteiger partial charge in [0, 0.05) is 31.4 Å². The Morgan fingerprint density at radius 1 is 0.820 bits per heavy atom. The van der Waals surface area contributed by atoms with Crippen molar-refractivity contribution < 1.29 is 93.4 Å². The van der Waals surface area contributed by atoms with Gasteiger partial charge < -0.3 is 88.6 Å². The lowest BCUT2D eigenvalue weighted by atomic mass is 9.41. The lowest BCUT2D eigenvalue weighted by Crippen LogP contribution is -2.69. The van der Waals surface area contributed by atoms with E-state index in [0.717, 1.165) is 18.3 Å². The Morgan fingerprint density at radius 2 is 1.51 bits per heavy atom. The van der Waals surface area contributed by atoms with E-state index in [1.807, 2.05) is 0 Å². The van der Waals surface area contributed by atoms with Crippen LogP contribution in [-0.4, -0.2) is 188 Å². The molecule has 22 atom stereocenters. The quantitative estimate of drug-likeness (QED) is 0.0622. The van der Waals surface area contributed by atoms with Crippen LogP contribution in [0, 0.1) is 28.6 Å². The van der Waals surface area contributed by atoms with Gasteiger partial charge in [-0.1, -0.05) is 6.92 Å². The lowest BCUT2D eigenvalue weighted by Gasteiger charge is -2.65. The number of aliphatic hydroxyl groups is 9. The molecule has 0 aromatic rings. The molecule has 7 fully saturated rings. The Kier molecular flexibility index (Phi) is 12.9. The van der Waals surface area contributed by atoms with Crippen LogP contribution in [0.5, 0.6) is 0 Å². The van der Waals surface area contributed by atoms with E-state index in [4.69, 9.17) is 37.9 Å². The van der Waals surface area contributed by atoms with Crippen molar-refractivity contribution in [1.29, 1.82) is 0 Å². The van der Waals surface area contributed by atoms with Crippen LogP contribution in [0.25, 0.3) is 0 Å². The minimum atomic E-state index is -1.75. The van der Waals surface area contributed by atoms with Gasteiger partial charge in [-0.3, -0.25) is 0 Å². The molecule has 8 rings (SSSR count). The lowest BCUT2D eigenvalue weighted by molar-refractivity contribution is -0.355. The normalized spacial score (nSPS) is 53.6. The highest BCUT2D eigenvalue weighted by Gasteiger charge is 2.71. The summed E-state index contributed by atoms with van der Waals surface area (Å²) < 4.78 is 46.7. The third-order valence-electron chi connectivity index (χ3n) is 16.3. The van der Waals surface area contributed by atoms with Crippen molar-refractivity contribution in [2.45, 2.75) is 181 Å². The van der Waals surface area contributed by atoms with Gasteiger partial charge in [0.15, 0.2) is 18.9 Å². The molecule has 0 bridgehead atoms. The van der Waals surface area contributed by atoms with Gasteiger partial charge in [-0.15, -0.1) is 0 Å². The molecule has 9 N–H and O–H groups in total. The highest BCUT2D eigenvalue weighted by Crippen LogP contribution is 2.70. The maximum Gasteiger partial charge on any atom is 0.331 e. The van der Waals surface area contributed by atoms with Crippen LogP contribution in [0.2, 0.25) is 0 Å². The van der Waals surface area contributed by atoms with E-state index in [1.54, 1.807) is 13.0 Å². The van der Waals surface area contributed by atoms with Crippen LogP contribution in [-0.2, 0) is 47.5 Å². The largest absolute Gasteiger partial charge is 0.458 e. The fourth-order valence-electron chi connectivity index (χ4n) is 12.9. The third-order valence-corrected chi connectivity index (χ3v) is 16.3.